The van der Waals surface area contributed by atoms with Gasteiger partial charge < -0.3 is 15.2 Å². The van der Waals surface area contributed by atoms with Gasteiger partial charge in [-0.2, -0.15) is 0 Å². The average Bonchev–Trinajstić information content (AvgIpc) is 2.90. The highest BCUT2D eigenvalue weighted by Gasteiger charge is 2.09. The number of para-hydroxylation sites is 2. The van der Waals surface area contributed by atoms with E-state index >= 15 is 0 Å². The van der Waals surface area contributed by atoms with E-state index in [0.29, 0.717) is 28.7 Å². The molecule has 1 aromatic carbocycles. The number of hydrogen-bond acceptors (Lipinski definition) is 5. The van der Waals surface area contributed by atoms with Crippen LogP contribution in [0.1, 0.15) is 5.82 Å². The van der Waals surface area contributed by atoms with Gasteiger partial charge in [0.2, 0.25) is 0 Å². The first-order valence-corrected chi connectivity index (χ1v) is 6.13. The molecular weight excluding hydrogens is 256 g/mol. The molecule has 6 nitrogen and oxygen atoms in total. The first-order valence-electron chi connectivity index (χ1n) is 6.13. The second-order valence-electron chi connectivity index (χ2n) is 4.21. The number of rotatable bonds is 4. The zero-order valence-corrected chi connectivity index (χ0v) is 11.0. The SMILES string of the molecule is COc1ccccc1OCc1nnc2c(N)cccn12. The van der Waals surface area contributed by atoms with Crippen LogP contribution in [0.2, 0.25) is 0 Å². The normalized spacial score (nSPS) is 10.7. The third kappa shape index (κ3) is 2.11. The summed E-state index contributed by atoms with van der Waals surface area (Å²) in [6.07, 6.45) is 1.85. The van der Waals surface area contributed by atoms with Crippen molar-refractivity contribution in [3.8, 4) is 11.5 Å². The van der Waals surface area contributed by atoms with Crippen molar-refractivity contribution in [2.24, 2.45) is 0 Å². The lowest BCUT2D eigenvalue weighted by Crippen LogP contribution is -2.02. The van der Waals surface area contributed by atoms with E-state index in [9.17, 15) is 0 Å². The summed E-state index contributed by atoms with van der Waals surface area (Å²) in [4.78, 5) is 0. The molecule has 6 heteroatoms. The van der Waals surface area contributed by atoms with Crippen LogP contribution in [-0.2, 0) is 6.61 Å². The number of benzene rings is 1. The first kappa shape index (κ1) is 12.3. The summed E-state index contributed by atoms with van der Waals surface area (Å²) < 4.78 is 12.8. The molecule has 2 heterocycles. The highest BCUT2D eigenvalue weighted by atomic mass is 16.5. The third-order valence-electron chi connectivity index (χ3n) is 2.96. The molecule has 0 saturated heterocycles. The Labute approximate surface area is 115 Å². The standard InChI is InChI=1S/C14H14N4O2/c1-19-11-6-2-3-7-12(11)20-9-13-16-17-14-10(15)5-4-8-18(13)14/h2-8H,9,15H2,1H3. The Kier molecular flexibility index (Phi) is 3.12. The van der Waals surface area contributed by atoms with Gasteiger partial charge in [0.05, 0.1) is 12.8 Å². The summed E-state index contributed by atoms with van der Waals surface area (Å²) in [5, 5.41) is 8.14. The van der Waals surface area contributed by atoms with Crippen molar-refractivity contribution in [1.29, 1.82) is 0 Å². The highest BCUT2D eigenvalue weighted by Crippen LogP contribution is 2.26. The van der Waals surface area contributed by atoms with Crippen molar-refractivity contribution >= 4 is 11.3 Å². The number of fused-ring (bicyclic) bond motifs is 1. The van der Waals surface area contributed by atoms with Crippen molar-refractivity contribution in [2.45, 2.75) is 6.61 Å². The van der Waals surface area contributed by atoms with Crippen LogP contribution < -0.4 is 15.2 Å². The van der Waals surface area contributed by atoms with Gasteiger partial charge in [0, 0.05) is 6.20 Å². The summed E-state index contributed by atoms with van der Waals surface area (Å²) >= 11 is 0. The number of ether oxygens (including phenoxy) is 2. The number of anilines is 1. The predicted molar refractivity (Wildman–Crippen MR) is 74.7 cm³/mol. The lowest BCUT2D eigenvalue weighted by molar-refractivity contribution is 0.275. The van der Waals surface area contributed by atoms with Gasteiger partial charge in [-0.25, -0.2) is 0 Å². The fraction of sp³-hybridized carbons (Fsp3) is 0.143. The molecular formula is C14H14N4O2. The third-order valence-corrected chi connectivity index (χ3v) is 2.96. The lowest BCUT2D eigenvalue weighted by Gasteiger charge is -2.09. The van der Waals surface area contributed by atoms with Crippen LogP contribution >= 0.6 is 0 Å². The summed E-state index contributed by atoms with van der Waals surface area (Å²) in [7, 11) is 1.61. The predicted octanol–water partition coefficient (Wildman–Crippen LogP) is 1.90. The van der Waals surface area contributed by atoms with E-state index in [4.69, 9.17) is 15.2 Å². The summed E-state index contributed by atoms with van der Waals surface area (Å²) in [6, 6.07) is 11.1. The van der Waals surface area contributed by atoms with Crippen molar-refractivity contribution < 1.29 is 9.47 Å². The van der Waals surface area contributed by atoms with Crippen molar-refractivity contribution in [3.05, 3.63) is 48.4 Å². The van der Waals surface area contributed by atoms with Crippen molar-refractivity contribution in [1.82, 2.24) is 14.6 Å². The first-order chi connectivity index (χ1) is 9.79. The number of aromatic nitrogens is 3. The molecule has 0 aliphatic heterocycles. The van der Waals surface area contributed by atoms with Crippen molar-refractivity contribution in [2.75, 3.05) is 12.8 Å². The average molecular weight is 270 g/mol. The quantitative estimate of drug-likeness (QED) is 0.783. The topological polar surface area (TPSA) is 74.7 Å². The Morgan fingerprint density at radius 1 is 1.10 bits per heavy atom. The van der Waals surface area contributed by atoms with Crippen LogP contribution in [0, 0.1) is 0 Å². The smallest absolute Gasteiger partial charge is 0.184 e. The molecule has 2 N–H and O–H groups in total. The number of nitrogens with two attached hydrogens (primary N) is 1. The summed E-state index contributed by atoms with van der Waals surface area (Å²) in [6.45, 7) is 0.283. The molecule has 0 aliphatic rings. The molecule has 3 aromatic rings. The minimum Gasteiger partial charge on any atom is -0.493 e. The number of nitrogen functional groups attached to an aromatic ring is 1. The van der Waals surface area contributed by atoms with E-state index in [1.54, 1.807) is 13.2 Å². The van der Waals surface area contributed by atoms with Crippen LogP contribution in [0.15, 0.2) is 42.6 Å². The largest absolute Gasteiger partial charge is 0.493 e. The van der Waals surface area contributed by atoms with Gasteiger partial charge in [-0.15, -0.1) is 10.2 Å². The van der Waals surface area contributed by atoms with Gasteiger partial charge >= 0.3 is 0 Å². The van der Waals surface area contributed by atoms with Crippen LogP contribution in [0.25, 0.3) is 5.65 Å². The maximum absolute atomic E-state index is 5.84. The van der Waals surface area contributed by atoms with Gasteiger partial charge in [-0.1, -0.05) is 12.1 Å². The van der Waals surface area contributed by atoms with Crippen molar-refractivity contribution in [3.63, 3.8) is 0 Å². The number of pyridine rings is 1. The zero-order valence-electron chi connectivity index (χ0n) is 11.0. The van der Waals surface area contributed by atoms with E-state index < -0.39 is 0 Å². The van der Waals surface area contributed by atoms with Gasteiger partial charge in [0.1, 0.15) is 6.61 Å². The Bertz CT molecular complexity index is 739. The maximum Gasteiger partial charge on any atom is 0.184 e. The molecule has 0 aliphatic carbocycles. The minimum atomic E-state index is 0.283. The summed E-state index contributed by atoms with van der Waals surface area (Å²) in [5.41, 5.74) is 7.06. The maximum atomic E-state index is 5.84. The molecule has 2 aromatic heterocycles. The Morgan fingerprint density at radius 2 is 1.90 bits per heavy atom. The van der Waals surface area contributed by atoms with E-state index in [0.717, 1.165) is 0 Å². The Balaban J connectivity index is 1.85. The van der Waals surface area contributed by atoms with E-state index in [1.165, 1.54) is 0 Å². The van der Waals surface area contributed by atoms with Gasteiger partial charge in [-0.05, 0) is 24.3 Å². The highest BCUT2D eigenvalue weighted by molar-refractivity contribution is 5.63. The minimum absolute atomic E-state index is 0.283. The van der Waals surface area contributed by atoms with E-state index in [2.05, 4.69) is 10.2 Å². The molecule has 3 rings (SSSR count). The molecule has 20 heavy (non-hydrogen) atoms. The molecule has 0 atom stereocenters. The van der Waals surface area contributed by atoms with Crippen LogP contribution in [0.5, 0.6) is 11.5 Å². The Hall–Kier alpha value is -2.76. The fourth-order valence-electron chi connectivity index (χ4n) is 1.96. The molecule has 102 valence electrons. The monoisotopic (exact) mass is 270 g/mol. The van der Waals surface area contributed by atoms with Gasteiger partial charge in [-0.3, -0.25) is 4.40 Å². The molecule has 0 bridgehead atoms. The molecule has 0 fully saturated rings. The number of hydrogen-bond donors (Lipinski definition) is 1. The van der Waals surface area contributed by atoms with Gasteiger partial charge in [0.25, 0.3) is 0 Å². The number of nitrogens with zero attached hydrogens (tertiary/aromatic N) is 3. The zero-order chi connectivity index (χ0) is 13.9. The van der Waals surface area contributed by atoms with E-state index in [-0.39, 0.29) is 6.61 Å². The lowest BCUT2D eigenvalue weighted by atomic mass is 10.3. The second-order valence-corrected chi connectivity index (χ2v) is 4.21. The van der Waals surface area contributed by atoms with E-state index in [1.807, 2.05) is 40.9 Å². The molecule has 0 saturated carbocycles. The van der Waals surface area contributed by atoms with Crippen LogP contribution in [0.4, 0.5) is 5.69 Å². The molecule has 0 amide bonds. The Morgan fingerprint density at radius 3 is 2.70 bits per heavy atom. The van der Waals surface area contributed by atoms with Gasteiger partial charge in [0.15, 0.2) is 23.0 Å². The van der Waals surface area contributed by atoms with Crippen LogP contribution in [0.3, 0.4) is 0 Å². The summed E-state index contributed by atoms with van der Waals surface area (Å²) in [5.74, 6) is 2.02. The van der Waals surface area contributed by atoms with Crippen LogP contribution in [-0.4, -0.2) is 21.7 Å². The fourth-order valence-corrected chi connectivity index (χ4v) is 1.96. The second kappa shape index (κ2) is 5.08. The molecule has 0 spiro atoms. The molecule has 0 radical (unpaired) electrons. The molecule has 0 unspecified atom stereocenters. The number of methoxy groups -OCH3 is 1.